The number of carbonyl (C=O) groups is 1. The number of piperidine rings is 1. The molecule has 5 rings (SSSR count). The van der Waals surface area contributed by atoms with Crippen LogP contribution < -0.4 is 4.74 Å². The van der Waals surface area contributed by atoms with Crippen molar-refractivity contribution in [3.05, 3.63) is 58.6 Å². The molecule has 178 valence electrons. The molecule has 1 aromatic carbocycles. The Labute approximate surface area is 208 Å². The normalized spacial score (nSPS) is 17.9. The summed E-state index contributed by atoms with van der Waals surface area (Å²) in [5.41, 5.74) is 2.60. The molecule has 0 spiro atoms. The van der Waals surface area contributed by atoms with E-state index in [4.69, 9.17) is 21.1 Å². The van der Waals surface area contributed by atoms with Gasteiger partial charge in [-0.1, -0.05) is 24.6 Å². The molecule has 0 atom stereocenters. The van der Waals surface area contributed by atoms with Crippen LogP contribution in [0.4, 0.5) is 0 Å². The van der Waals surface area contributed by atoms with E-state index >= 15 is 0 Å². The molecule has 2 aromatic heterocycles. The Balaban J connectivity index is 1.30. The summed E-state index contributed by atoms with van der Waals surface area (Å²) in [4.78, 5) is 20.1. The molecule has 0 aliphatic carbocycles. The molecule has 34 heavy (non-hydrogen) atoms. The summed E-state index contributed by atoms with van der Waals surface area (Å²) in [6.07, 6.45) is 3.79. The molecule has 0 radical (unpaired) electrons. The summed E-state index contributed by atoms with van der Waals surface area (Å²) < 4.78 is 10.7. The van der Waals surface area contributed by atoms with Crippen molar-refractivity contribution < 1.29 is 19.4 Å². The molecule has 0 saturated carbocycles. The van der Waals surface area contributed by atoms with Crippen LogP contribution in [-0.2, 0) is 4.74 Å². The van der Waals surface area contributed by atoms with E-state index in [0.29, 0.717) is 22.4 Å². The number of rotatable bonds is 6. The fourth-order valence-electron chi connectivity index (χ4n) is 4.17. The summed E-state index contributed by atoms with van der Waals surface area (Å²) in [5.74, 6) is 1.18. The van der Waals surface area contributed by atoms with E-state index in [1.807, 2.05) is 29.2 Å². The zero-order valence-electron chi connectivity index (χ0n) is 19.0. The van der Waals surface area contributed by atoms with Crippen molar-refractivity contribution in [3.63, 3.8) is 0 Å². The fourth-order valence-corrected chi connectivity index (χ4v) is 5.46. The van der Waals surface area contributed by atoms with Crippen LogP contribution in [-0.4, -0.2) is 59.4 Å². The Hall–Kier alpha value is -2.45. The van der Waals surface area contributed by atoms with Crippen molar-refractivity contribution >= 4 is 28.8 Å². The van der Waals surface area contributed by atoms with Gasteiger partial charge < -0.3 is 19.5 Å². The Kier molecular flexibility index (Phi) is 6.62. The monoisotopic (exact) mass is 498 g/mol. The third kappa shape index (κ3) is 4.98. The summed E-state index contributed by atoms with van der Waals surface area (Å²) >= 11 is 8.22. The number of hydrogen-bond donors (Lipinski definition) is 1. The fraction of sp³-hybridized carbons (Fsp3) is 0.385. The molecule has 0 unspecified atom stereocenters. The van der Waals surface area contributed by atoms with Crippen molar-refractivity contribution in [3.8, 4) is 27.4 Å². The minimum atomic E-state index is -0.927. The number of aromatic nitrogens is 1. The second-order valence-corrected chi connectivity index (χ2v) is 10.6. The molecule has 2 saturated heterocycles. The number of aliphatic hydroxyl groups is 1. The standard InChI is InChI=1S/C26H27ClN2O4S/c1-17-5-8-29(9-6-17)25(30)19-2-3-21(22(27)10-19)23-11-20(13-34-23)18-4-7-28-24(12-18)33-16-26(31)14-32-15-26/h2-4,7,10-13,17,31H,5-6,8-9,14-16H2,1H3. The highest BCUT2D eigenvalue weighted by Gasteiger charge is 2.37. The lowest BCUT2D eigenvalue weighted by Crippen LogP contribution is -2.53. The van der Waals surface area contributed by atoms with Crippen molar-refractivity contribution in [2.75, 3.05) is 32.9 Å². The first-order valence-electron chi connectivity index (χ1n) is 11.5. The number of halogens is 1. The highest BCUT2D eigenvalue weighted by molar-refractivity contribution is 7.14. The first-order valence-corrected chi connectivity index (χ1v) is 12.7. The second kappa shape index (κ2) is 9.66. The number of ether oxygens (including phenoxy) is 2. The van der Waals surface area contributed by atoms with E-state index < -0.39 is 5.60 Å². The maximum Gasteiger partial charge on any atom is 0.253 e. The first kappa shape index (κ1) is 23.3. The third-order valence-electron chi connectivity index (χ3n) is 6.45. The smallest absolute Gasteiger partial charge is 0.253 e. The van der Waals surface area contributed by atoms with Gasteiger partial charge in [0.25, 0.3) is 5.91 Å². The average molecular weight is 499 g/mol. The van der Waals surface area contributed by atoms with Crippen LogP contribution in [0.1, 0.15) is 30.1 Å². The molecule has 6 nitrogen and oxygen atoms in total. The van der Waals surface area contributed by atoms with Crippen molar-refractivity contribution in [2.45, 2.75) is 25.4 Å². The lowest BCUT2D eigenvalue weighted by atomic mass is 9.98. The first-order chi connectivity index (χ1) is 16.4. The lowest BCUT2D eigenvalue weighted by Gasteiger charge is -2.35. The number of amides is 1. The summed E-state index contributed by atoms with van der Waals surface area (Å²) in [6, 6.07) is 11.4. The van der Waals surface area contributed by atoms with Crippen LogP contribution in [0.5, 0.6) is 5.88 Å². The summed E-state index contributed by atoms with van der Waals surface area (Å²) in [7, 11) is 0. The van der Waals surface area contributed by atoms with Crippen LogP contribution in [0.15, 0.2) is 48.0 Å². The van der Waals surface area contributed by atoms with Gasteiger partial charge in [-0.05, 0) is 59.5 Å². The number of nitrogens with zero attached hydrogens (tertiary/aromatic N) is 2. The molecule has 4 heterocycles. The van der Waals surface area contributed by atoms with Crippen LogP contribution in [0.3, 0.4) is 0 Å². The predicted octanol–water partition coefficient (Wildman–Crippen LogP) is 5.14. The molecule has 2 aliphatic rings. The lowest BCUT2D eigenvalue weighted by molar-refractivity contribution is -0.192. The number of benzene rings is 1. The Morgan fingerprint density at radius 1 is 1.24 bits per heavy atom. The third-order valence-corrected chi connectivity index (χ3v) is 7.73. The average Bonchev–Trinajstić information content (AvgIpc) is 3.32. The predicted molar refractivity (Wildman–Crippen MR) is 134 cm³/mol. The van der Waals surface area contributed by atoms with E-state index in [0.717, 1.165) is 47.5 Å². The van der Waals surface area contributed by atoms with Gasteiger partial charge >= 0.3 is 0 Å². The van der Waals surface area contributed by atoms with E-state index in [-0.39, 0.29) is 25.7 Å². The van der Waals surface area contributed by atoms with E-state index in [2.05, 4.69) is 23.4 Å². The second-order valence-electron chi connectivity index (χ2n) is 9.26. The highest BCUT2D eigenvalue weighted by atomic mass is 35.5. The molecular formula is C26H27ClN2O4S. The minimum absolute atomic E-state index is 0.0506. The van der Waals surface area contributed by atoms with E-state index in [1.165, 1.54) is 0 Å². The van der Waals surface area contributed by atoms with Gasteiger partial charge in [0.1, 0.15) is 12.2 Å². The largest absolute Gasteiger partial charge is 0.474 e. The van der Waals surface area contributed by atoms with Gasteiger partial charge in [-0.15, -0.1) is 11.3 Å². The quantitative estimate of drug-likeness (QED) is 0.509. The topological polar surface area (TPSA) is 71.9 Å². The van der Waals surface area contributed by atoms with Crippen LogP contribution in [0.2, 0.25) is 5.02 Å². The van der Waals surface area contributed by atoms with Crippen molar-refractivity contribution in [1.29, 1.82) is 0 Å². The van der Waals surface area contributed by atoms with Gasteiger partial charge in [-0.2, -0.15) is 0 Å². The Morgan fingerprint density at radius 2 is 2.03 bits per heavy atom. The van der Waals surface area contributed by atoms with Crippen molar-refractivity contribution in [2.24, 2.45) is 5.92 Å². The van der Waals surface area contributed by atoms with Gasteiger partial charge in [0, 0.05) is 41.4 Å². The molecule has 3 aromatic rings. The molecular weight excluding hydrogens is 472 g/mol. The minimum Gasteiger partial charge on any atom is -0.474 e. The zero-order valence-corrected chi connectivity index (χ0v) is 20.6. The molecule has 0 bridgehead atoms. The number of pyridine rings is 1. The maximum atomic E-state index is 12.9. The number of likely N-dealkylation sites (tertiary alicyclic amines) is 1. The van der Waals surface area contributed by atoms with Gasteiger partial charge in [-0.25, -0.2) is 4.98 Å². The maximum absolute atomic E-state index is 12.9. The number of hydrogen-bond acceptors (Lipinski definition) is 6. The highest BCUT2D eigenvalue weighted by Crippen LogP contribution is 2.37. The SMILES string of the molecule is CC1CCN(C(=O)c2ccc(-c3cc(-c4ccnc(OCC5(O)COC5)c4)cs3)c(Cl)c2)CC1. The van der Waals surface area contributed by atoms with Crippen molar-refractivity contribution in [1.82, 2.24) is 9.88 Å². The van der Waals surface area contributed by atoms with E-state index in [1.54, 1.807) is 23.6 Å². The number of carbonyl (C=O) groups excluding carboxylic acids is 1. The Bertz CT molecular complexity index is 1190. The molecule has 8 heteroatoms. The molecule has 2 aliphatic heterocycles. The summed E-state index contributed by atoms with van der Waals surface area (Å²) in [5, 5.41) is 12.8. The Morgan fingerprint density at radius 3 is 2.74 bits per heavy atom. The molecule has 1 amide bonds. The molecule has 1 N–H and O–H groups in total. The van der Waals surface area contributed by atoms with Gasteiger partial charge in [0.15, 0.2) is 0 Å². The van der Waals surface area contributed by atoms with E-state index in [9.17, 15) is 9.90 Å². The van der Waals surface area contributed by atoms with Crippen LogP contribution in [0, 0.1) is 5.92 Å². The molecule has 2 fully saturated rings. The number of thiophene rings is 1. The van der Waals surface area contributed by atoms with Gasteiger partial charge in [-0.3, -0.25) is 4.79 Å². The van der Waals surface area contributed by atoms with Gasteiger partial charge in [0.05, 0.1) is 18.2 Å². The van der Waals surface area contributed by atoms with Crippen LogP contribution >= 0.6 is 22.9 Å². The van der Waals surface area contributed by atoms with Gasteiger partial charge in [0.2, 0.25) is 5.88 Å². The zero-order chi connectivity index (χ0) is 23.7. The van der Waals surface area contributed by atoms with Crippen LogP contribution in [0.25, 0.3) is 21.6 Å². The summed E-state index contributed by atoms with van der Waals surface area (Å²) in [6.45, 7) is 4.55.